The van der Waals surface area contributed by atoms with Gasteiger partial charge in [0.2, 0.25) is 0 Å². The van der Waals surface area contributed by atoms with Gasteiger partial charge in [-0.05, 0) is 49.7 Å². The van der Waals surface area contributed by atoms with Crippen molar-refractivity contribution in [3.05, 3.63) is 58.1 Å². The van der Waals surface area contributed by atoms with Gasteiger partial charge in [0.05, 0.1) is 0 Å². The summed E-state index contributed by atoms with van der Waals surface area (Å²) in [5, 5.41) is 0. The Hall–Kier alpha value is -0.770. The van der Waals surface area contributed by atoms with Crippen molar-refractivity contribution < 1.29 is 0 Å². The number of nitrogens with two attached hydrogens (primary N) is 1. The molecule has 0 radical (unpaired) electrons. The van der Waals surface area contributed by atoms with Gasteiger partial charge in [0, 0.05) is 20.3 Å². The largest absolute Gasteiger partial charge is 0.324 e. The molecule has 2 aromatic carbocycles. The highest BCUT2D eigenvalue weighted by atomic mass is 79.9. The Labute approximate surface area is 121 Å². The first-order valence-electron chi connectivity index (χ1n) is 5.86. The van der Waals surface area contributed by atoms with Crippen LogP contribution in [-0.2, 0) is 0 Å². The van der Waals surface area contributed by atoms with E-state index in [-0.39, 0.29) is 6.04 Å². The second-order valence-corrected chi connectivity index (χ2v) is 6.42. The zero-order valence-electron chi connectivity index (χ0n) is 10.5. The number of benzene rings is 2. The lowest BCUT2D eigenvalue weighted by Crippen LogP contribution is -2.06. The standard InChI is InChI=1S/C15H16BrNS/c1-10-4-3-5-13(8-10)18-15-7-6-12(16)9-14(15)11(2)17/h3-9,11H,17H2,1-2H3. The summed E-state index contributed by atoms with van der Waals surface area (Å²) in [6.07, 6.45) is 0. The fourth-order valence-corrected chi connectivity index (χ4v) is 3.30. The van der Waals surface area contributed by atoms with Crippen LogP contribution in [0, 0.1) is 6.92 Å². The van der Waals surface area contributed by atoms with Crippen molar-refractivity contribution in [3.8, 4) is 0 Å². The average Bonchev–Trinajstić information content (AvgIpc) is 2.31. The number of halogens is 1. The van der Waals surface area contributed by atoms with Crippen LogP contribution in [0.1, 0.15) is 24.1 Å². The third-order valence-corrected chi connectivity index (χ3v) is 4.25. The molecule has 0 aromatic heterocycles. The van der Waals surface area contributed by atoms with Crippen LogP contribution in [0.4, 0.5) is 0 Å². The molecule has 94 valence electrons. The van der Waals surface area contributed by atoms with Crippen LogP contribution >= 0.6 is 27.7 Å². The average molecular weight is 322 g/mol. The zero-order valence-corrected chi connectivity index (χ0v) is 12.9. The highest BCUT2D eigenvalue weighted by molar-refractivity contribution is 9.10. The molecule has 1 unspecified atom stereocenters. The quantitative estimate of drug-likeness (QED) is 0.867. The fraction of sp³-hybridized carbons (Fsp3) is 0.200. The molecular weight excluding hydrogens is 306 g/mol. The van der Waals surface area contributed by atoms with Gasteiger partial charge < -0.3 is 5.73 Å². The van der Waals surface area contributed by atoms with Gasteiger partial charge in [-0.2, -0.15) is 0 Å². The minimum absolute atomic E-state index is 0.0369. The second-order valence-electron chi connectivity index (χ2n) is 4.39. The van der Waals surface area contributed by atoms with Gasteiger partial charge in [-0.3, -0.25) is 0 Å². The SMILES string of the molecule is Cc1cccc(Sc2ccc(Br)cc2C(C)N)c1. The lowest BCUT2D eigenvalue weighted by Gasteiger charge is -2.13. The summed E-state index contributed by atoms with van der Waals surface area (Å²) in [7, 11) is 0. The number of hydrogen-bond donors (Lipinski definition) is 1. The topological polar surface area (TPSA) is 26.0 Å². The van der Waals surface area contributed by atoms with Crippen LogP contribution < -0.4 is 5.73 Å². The van der Waals surface area contributed by atoms with Gasteiger partial charge in [-0.1, -0.05) is 45.4 Å². The van der Waals surface area contributed by atoms with Gasteiger partial charge in [0.1, 0.15) is 0 Å². The van der Waals surface area contributed by atoms with Crippen molar-refractivity contribution >= 4 is 27.7 Å². The van der Waals surface area contributed by atoms with Crippen LogP contribution in [0.15, 0.2) is 56.7 Å². The van der Waals surface area contributed by atoms with E-state index in [1.165, 1.54) is 20.9 Å². The fourth-order valence-electron chi connectivity index (χ4n) is 1.77. The van der Waals surface area contributed by atoms with Gasteiger partial charge >= 0.3 is 0 Å². The minimum Gasteiger partial charge on any atom is -0.324 e. The summed E-state index contributed by atoms with van der Waals surface area (Å²) in [5.74, 6) is 0. The van der Waals surface area contributed by atoms with Crippen molar-refractivity contribution in [3.63, 3.8) is 0 Å². The molecule has 0 fully saturated rings. The minimum atomic E-state index is 0.0369. The van der Waals surface area contributed by atoms with Crippen molar-refractivity contribution in [1.29, 1.82) is 0 Å². The normalized spacial score (nSPS) is 12.4. The summed E-state index contributed by atoms with van der Waals surface area (Å²) < 4.78 is 1.07. The van der Waals surface area contributed by atoms with Crippen molar-refractivity contribution in [2.45, 2.75) is 29.7 Å². The summed E-state index contributed by atoms with van der Waals surface area (Å²) >= 11 is 5.26. The number of aryl methyl sites for hydroxylation is 1. The van der Waals surface area contributed by atoms with E-state index in [9.17, 15) is 0 Å². The van der Waals surface area contributed by atoms with Crippen LogP contribution in [0.25, 0.3) is 0 Å². The van der Waals surface area contributed by atoms with Crippen LogP contribution in [-0.4, -0.2) is 0 Å². The van der Waals surface area contributed by atoms with Gasteiger partial charge in [-0.25, -0.2) is 0 Å². The first-order valence-corrected chi connectivity index (χ1v) is 7.47. The maximum Gasteiger partial charge on any atom is 0.0277 e. The molecule has 0 aliphatic heterocycles. The highest BCUT2D eigenvalue weighted by Gasteiger charge is 2.09. The predicted molar refractivity (Wildman–Crippen MR) is 82.0 cm³/mol. The smallest absolute Gasteiger partial charge is 0.0277 e. The molecule has 18 heavy (non-hydrogen) atoms. The van der Waals surface area contributed by atoms with E-state index in [1.807, 2.05) is 6.92 Å². The van der Waals surface area contributed by atoms with Gasteiger partial charge in [0.15, 0.2) is 0 Å². The molecule has 2 rings (SSSR count). The molecular formula is C15H16BrNS. The predicted octanol–water partition coefficient (Wildman–Crippen LogP) is 4.93. The Morgan fingerprint density at radius 1 is 1.17 bits per heavy atom. The maximum atomic E-state index is 6.03. The molecule has 2 N–H and O–H groups in total. The van der Waals surface area contributed by atoms with Crippen LogP contribution in [0.5, 0.6) is 0 Å². The molecule has 0 aliphatic rings. The van der Waals surface area contributed by atoms with Gasteiger partial charge in [-0.15, -0.1) is 0 Å². The third kappa shape index (κ3) is 3.37. The first kappa shape index (κ1) is 13.7. The molecule has 0 bridgehead atoms. The summed E-state index contributed by atoms with van der Waals surface area (Å²) in [6.45, 7) is 4.13. The molecule has 0 amide bonds. The summed E-state index contributed by atoms with van der Waals surface area (Å²) in [4.78, 5) is 2.47. The zero-order chi connectivity index (χ0) is 13.1. The van der Waals surface area contributed by atoms with E-state index in [0.717, 1.165) is 4.47 Å². The van der Waals surface area contributed by atoms with E-state index in [0.29, 0.717) is 0 Å². The Balaban J connectivity index is 2.34. The molecule has 0 heterocycles. The van der Waals surface area contributed by atoms with Crippen molar-refractivity contribution in [2.24, 2.45) is 5.73 Å². The molecule has 2 aromatic rings. The van der Waals surface area contributed by atoms with Gasteiger partial charge in [0.25, 0.3) is 0 Å². The van der Waals surface area contributed by atoms with Crippen LogP contribution in [0.2, 0.25) is 0 Å². The Morgan fingerprint density at radius 3 is 2.61 bits per heavy atom. The van der Waals surface area contributed by atoms with E-state index in [4.69, 9.17) is 5.73 Å². The lowest BCUT2D eigenvalue weighted by atomic mass is 10.1. The van der Waals surface area contributed by atoms with Crippen molar-refractivity contribution in [2.75, 3.05) is 0 Å². The molecule has 0 saturated carbocycles. The molecule has 3 heteroatoms. The molecule has 0 aliphatic carbocycles. The Morgan fingerprint density at radius 2 is 1.94 bits per heavy atom. The Bertz CT molecular complexity index is 552. The van der Waals surface area contributed by atoms with E-state index in [1.54, 1.807) is 11.8 Å². The second kappa shape index (κ2) is 5.91. The maximum absolute atomic E-state index is 6.03. The summed E-state index contributed by atoms with van der Waals surface area (Å²) in [6, 6.07) is 14.8. The molecule has 1 atom stereocenters. The number of hydrogen-bond acceptors (Lipinski definition) is 2. The van der Waals surface area contributed by atoms with Crippen LogP contribution in [0.3, 0.4) is 0 Å². The third-order valence-electron chi connectivity index (χ3n) is 2.68. The van der Waals surface area contributed by atoms with E-state index >= 15 is 0 Å². The Kier molecular flexibility index (Phi) is 4.49. The van der Waals surface area contributed by atoms with Crippen molar-refractivity contribution in [1.82, 2.24) is 0 Å². The summed E-state index contributed by atoms with van der Waals surface area (Å²) in [5.41, 5.74) is 8.49. The lowest BCUT2D eigenvalue weighted by molar-refractivity contribution is 0.796. The van der Waals surface area contributed by atoms with E-state index in [2.05, 4.69) is 65.3 Å². The molecule has 0 spiro atoms. The highest BCUT2D eigenvalue weighted by Crippen LogP contribution is 2.34. The first-order chi connectivity index (χ1) is 8.56. The number of rotatable bonds is 3. The molecule has 0 saturated heterocycles. The van der Waals surface area contributed by atoms with E-state index < -0.39 is 0 Å². The monoisotopic (exact) mass is 321 g/mol. The molecule has 1 nitrogen and oxygen atoms in total.